The quantitative estimate of drug-likeness (QED) is 0.365. The fourth-order valence-corrected chi connectivity index (χ4v) is 2.40. The molecule has 0 aromatic rings. The van der Waals surface area contributed by atoms with Gasteiger partial charge >= 0.3 is 32.5 Å². The van der Waals surface area contributed by atoms with Gasteiger partial charge in [0, 0.05) is 0 Å². The van der Waals surface area contributed by atoms with Crippen LogP contribution in [0.15, 0.2) is 0 Å². The van der Waals surface area contributed by atoms with Gasteiger partial charge in [0.2, 0.25) is 0 Å². The van der Waals surface area contributed by atoms with Gasteiger partial charge in [-0.3, -0.25) is 4.52 Å². The predicted molar refractivity (Wildman–Crippen MR) is 71.9 cm³/mol. The first-order valence-electron chi connectivity index (χ1n) is 6.74. The van der Waals surface area contributed by atoms with Crippen LogP contribution in [0, 0.1) is 0 Å². The van der Waals surface area contributed by atoms with Gasteiger partial charge in [-0.15, -0.1) is 0 Å². The Morgan fingerprint density at radius 1 is 0.875 bits per heavy atom. The van der Waals surface area contributed by atoms with Gasteiger partial charge in [0.15, 0.2) is 0 Å². The van der Waals surface area contributed by atoms with Crippen molar-refractivity contribution < 1.29 is 49.4 Å². The summed E-state index contributed by atoms with van der Waals surface area (Å²) >= 11 is 0. The highest BCUT2D eigenvalue weighted by Gasteiger charge is 2.80. The van der Waals surface area contributed by atoms with Crippen molar-refractivity contribution in [3.8, 4) is 0 Å². The Bertz CT molecular complexity index is 398. The Morgan fingerprint density at radius 3 is 1.50 bits per heavy atom. The predicted octanol–water partition coefficient (Wildman–Crippen LogP) is 4.51. The Balaban J connectivity index is 6.09. The molecule has 0 saturated carbocycles. The molecule has 0 amide bonds. The second-order valence-electron chi connectivity index (χ2n) is 5.33. The summed E-state index contributed by atoms with van der Waals surface area (Å²) in [5.41, 5.74) is -6.83. The van der Waals surface area contributed by atoms with E-state index < -0.39 is 38.1 Å². The van der Waals surface area contributed by atoms with Crippen molar-refractivity contribution in [1.82, 2.24) is 0 Å². The van der Waals surface area contributed by atoms with E-state index in [1.807, 2.05) is 0 Å². The smallest absolute Gasteiger partial charge is 0.438 e. The number of hydrogen-bond acceptors (Lipinski definition) is 5. The molecule has 5 nitrogen and oxygen atoms in total. The molecule has 0 N–H and O–H groups in total. The van der Waals surface area contributed by atoms with E-state index in [0.29, 0.717) is 0 Å². The summed E-state index contributed by atoms with van der Waals surface area (Å²) in [5.74, 6) is -2.64. The summed E-state index contributed by atoms with van der Waals surface area (Å²) in [5, 5.41) is 0. The number of alkyl halides is 6. The zero-order chi connectivity index (χ0) is 19.4. The molecule has 0 aliphatic carbocycles. The summed E-state index contributed by atoms with van der Waals surface area (Å²) < 4.78 is 97.3. The highest BCUT2D eigenvalue weighted by atomic mass is 31.2. The van der Waals surface area contributed by atoms with Crippen LogP contribution in [-0.4, -0.2) is 42.7 Å². The molecule has 24 heavy (non-hydrogen) atoms. The van der Waals surface area contributed by atoms with Crippen LogP contribution in [0.1, 0.15) is 34.6 Å². The number of rotatable bonds is 7. The lowest BCUT2D eigenvalue weighted by Gasteiger charge is -2.37. The molecule has 0 saturated heterocycles. The third kappa shape index (κ3) is 5.72. The summed E-state index contributed by atoms with van der Waals surface area (Å²) in [6, 6.07) is 0. The monoisotopic (exact) mass is 388 g/mol. The molecule has 0 unspecified atom stereocenters. The second kappa shape index (κ2) is 8.16. The van der Waals surface area contributed by atoms with Gasteiger partial charge in [0.25, 0.3) is 0 Å². The molecule has 0 heterocycles. The molecular weight excluding hydrogens is 369 g/mol. The zero-order valence-electron chi connectivity index (χ0n) is 13.7. The van der Waals surface area contributed by atoms with E-state index in [4.69, 9.17) is 0 Å². The average Bonchev–Trinajstić information content (AvgIpc) is 2.30. The first-order chi connectivity index (χ1) is 10.6. The van der Waals surface area contributed by atoms with E-state index in [1.165, 1.54) is 13.8 Å². The summed E-state index contributed by atoms with van der Waals surface area (Å²) in [6.07, 6.45) is -12.3. The molecule has 12 heteroatoms. The van der Waals surface area contributed by atoms with Gasteiger partial charge in [0.05, 0.1) is 13.2 Å². The maximum atomic E-state index is 13.3. The molecule has 0 aliphatic rings. The van der Waals surface area contributed by atoms with Crippen LogP contribution >= 0.6 is 8.60 Å². The summed E-state index contributed by atoms with van der Waals surface area (Å²) in [7, 11) is -3.09. The molecule has 0 radical (unpaired) electrons. The Hall–Kier alpha value is -0.640. The number of esters is 1. The van der Waals surface area contributed by atoms with Crippen LogP contribution in [0.2, 0.25) is 0 Å². The maximum absolute atomic E-state index is 13.3. The van der Waals surface area contributed by atoms with Crippen LogP contribution in [0.4, 0.5) is 26.3 Å². The van der Waals surface area contributed by atoms with Crippen LogP contribution < -0.4 is 0 Å². The Morgan fingerprint density at radius 2 is 1.25 bits per heavy atom. The van der Waals surface area contributed by atoms with E-state index in [-0.39, 0.29) is 13.2 Å². The Kier molecular flexibility index (Phi) is 7.94. The van der Waals surface area contributed by atoms with Gasteiger partial charge in [-0.2, -0.15) is 26.3 Å². The maximum Gasteiger partial charge on any atom is 0.438 e. The number of ether oxygens (including phenoxy) is 1. The lowest BCUT2D eigenvalue weighted by molar-refractivity contribution is -0.351. The highest BCUT2D eigenvalue weighted by Crippen LogP contribution is 2.55. The number of halogens is 6. The average molecular weight is 388 g/mol. The van der Waals surface area contributed by atoms with Gasteiger partial charge in [0.1, 0.15) is 5.60 Å². The van der Waals surface area contributed by atoms with Gasteiger partial charge in [-0.25, -0.2) is 4.79 Å². The van der Waals surface area contributed by atoms with Gasteiger partial charge in [-0.1, -0.05) is 0 Å². The van der Waals surface area contributed by atoms with Crippen LogP contribution in [-0.2, 0) is 23.1 Å². The number of carbonyl (C=O) groups excluding carboxylic acids is 1. The molecule has 0 aromatic heterocycles. The van der Waals surface area contributed by atoms with Crippen molar-refractivity contribution in [1.29, 1.82) is 0 Å². The van der Waals surface area contributed by atoms with E-state index in [2.05, 4.69) is 18.3 Å². The van der Waals surface area contributed by atoms with Crippen molar-refractivity contribution >= 4 is 14.6 Å². The molecule has 0 bridgehead atoms. The SMILES string of the molecule is CCOP(OCC)OC(C(=O)OC(C)(C)C)(C(F)(F)F)C(F)(F)F. The molecular formula is C12H19F6O5P. The number of hydrogen-bond donors (Lipinski definition) is 0. The molecule has 144 valence electrons. The Labute approximate surface area is 136 Å². The molecule has 0 rings (SSSR count). The fourth-order valence-electron chi connectivity index (χ4n) is 1.30. The third-order valence-electron chi connectivity index (χ3n) is 2.17. The molecule has 0 aliphatic heterocycles. The minimum Gasteiger partial charge on any atom is -0.457 e. The van der Waals surface area contributed by atoms with Crippen LogP contribution in [0.25, 0.3) is 0 Å². The van der Waals surface area contributed by atoms with E-state index in [9.17, 15) is 31.1 Å². The second-order valence-corrected chi connectivity index (χ2v) is 6.48. The van der Waals surface area contributed by atoms with E-state index >= 15 is 0 Å². The minimum atomic E-state index is -6.15. The van der Waals surface area contributed by atoms with Gasteiger partial charge < -0.3 is 13.8 Å². The van der Waals surface area contributed by atoms with Gasteiger partial charge in [-0.05, 0) is 34.6 Å². The largest absolute Gasteiger partial charge is 0.457 e. The first-order valence-corrected chi connectivity index (χ1v) is 7.84. The minimum absolute atomic E-state index is 0.286. The lowest BCUT2D eigenvalue weighted by atomic mass is 10.0. The van der Waals surface area contributed by atoms with Crippen LogP contribution in [0.3, 0.4) is 0 Å². The molecule has 0 fully saturated rings. The van der Waals surface area contributed by atoms with Crippen LogP contribution in [0.5, 0.6) is 0 Å². The topological polar surface area (TPSA) is 54.0 Å². The van der Waals surface area contributed by atoms with Crippen molar-refractivity contribution in [2.24, 2.45) is 0 Å². The summed E-state index contributed by atoms with van der Waals surface area (Å²) in [6.45, 7) is 5.42. The molecule has 0 aromatic carbocycles. The highest BCUT2D eigenvalue weighted by molar-refractivity contribution is 7.41. The third-order valence-corrected chi connectivity index (χ3v) is 3.53. The standard InChI is InChI=1S/C12H19F6O5P/c1-6-20-24(21-7-2)23-10(11(13,14)15,12(16,17)18)8(19)22-9(3,4)5/h6-7H2,1-5H3. The zero-order valence-corrected chi connectivity index (χ0v) is 14.6. The lowest BCUT2D eigenvalue weighted by Crippen LogP contribution is -2.64. The van der Waals surface area contributed by atoms with Crippen molar-refractivity contribution in [3.05, 3.63) is 0 Å². The van der Waals surface area contributed by atoms with Crippen molar-refractivity contribution in [3.63, 3.8) is 0 Å². The summed E-state index contributed by atoms with van der Waals surface area (Å²) in [4.78, 5) is 11.8. The van der Waals surface area contributed by atoms with E-state index in [0.717, 1.165) is 20.8 Å². The molecule has 0 spiro atoms. The van der Waals surface area contributed by atoms with Crippen molar-refractivity contribution in [2.75, 3.05) is 13.2 Å². The number of carbonyl (C=O) groups is 1. The first kappa shape index (κ1) is 23.4. The van der Waals surface area contributed by atoms with E-state index in [1.54, 1.807) is 0 Å². The van der Waals surface area contributed by atoms with Crippen molar-refractivity contribution in [2.45, 2.75) is 58.2 Å². The fraction of sp³-hybridized carbons (Fsp3) is 0.917. The normalized spacial score (nSPS) is 14.2. The molecule has 0 atom stereocenters.